The van der Waals surface area contributed by atoms with Crippen LogP contribution in [0.4, 0.5) is 0 Å². The lowest BCUT2D eigenvalue weighted by Gasteiger charge is -2.22. The van der Waals surface area contributed by atoms with E-state index in [1.54, 1.807) is 6.26 Å². The molecule has 0 fully saturated rings. The number of hydrogen-bond donors (Lipinski definition) is 1. The van der Waals surface area contributed by atoms with Gasteiger partial charge in [-0.25, -0.2) is 0 Å². The second kappa shape index (κ2) is 10.8. The molecule has 0 amide bonds. The Kier molecular flexibility index (Phi) is 8.39. The van der Waals surface area contributed by atoms with Gasteiger partial charge in [0.1, 0.15) is 12.4 Å². The third kappa shape index (κ3) is 6.75. The van der Waals surface area contributed by atoms with Gasteiger partial charge in [-0.15, -0.1) is 0 Å². The van der Waals surface area contributed by atoms with E-state index in [0.717, 1.165) is 43.5 Å². The Hall–Kier alpha value is -2.28. The van der Waals surface area contributed by atoms with Gasteiger partial charge in [0.15, 0.2) is 5.96 Å². The fourth-order valence-electron chi connectivity index (χ4n) is 2.88. The minimum atomic E-state index is 0.403. The highest BCUT2D eigenvalue weighted by molar-refractivity contribution is 5.79. The molecule has 0 unspecified atom stereocenters. The van der Waals surface area contributed by atoms with Crippen molar-refractivity contribution in [2.24, 2.45) is 12.0 Å². The fraction of sp³-hybridized carbons (Fsp3) is 0.600. The Labute approximate surface area is 162 Å². The van der Waals surface area contributed by atoms with Crippen molar-refractivity contribution in [1.82, 2.24) is 20.0 Å². The zero-order valence-corrected chi connectivity index (χ0v) is 17.2. The second-order valence-electron chi connectivity index (χ2n) is 6.95. The van der Waals surface area contributed by atoms with E-state index in [4.69, 9.17) is 14.1 Å². The zero-order chi connectivity index (χ0) is 19.6. The van der Waals surface area contributed by atoms with Crippen molar-refractivity contribution in [2.45, 2.75) is 46.3 Å². The lowest BCUT2D eigenvalue weighted by molar-refractivity contribution is 0.105. The van der Waals surface area contributed by atoms with Gasteiger partial charge in [0.2, 0.25) is 0 Å². The Bertz CT molecular complexity index is 691. The zero-order valence-electron chi connectivity index (χ0n) is 17.2. The molecule has 0 aromatic carbocycles. The Morgan fingerprint density at radius 2 is 2.26 bits per heavy atom. The standard InChI is InChI=1S/C20H33N5O2/c1-6-21-20(22-10-8-11-26-15-18-9-7-12-27-18)24(4)13-17-14-25(5)23-19(17)16(2)3/h7,9,12,14,16H,6,8,10-11,13,15H2,1-5H3,(H,21,22). The third-order valence-electron chi connectivity index (χ3n) is 4.12. The van der Waals surface area contributed by atoms with Crippen molar-refractivity contribution in [3.63, 3.8) is 0 Å². The van der Waals surface area contributed by atoms with E-state index in [1.165, 1.54) is 5.56 Å². The highest BCUT2D eigenvalue weighted by Gasteiger charge is 2.15. The first-order valence-corrected chi connectivity index (χ1v) is 9.63. The van der Waals surface area contributed by atoms with Gasteiger partial charge >= 0.3 is 0 Å². The third-order valence-corrected chi connectivity index (χ3v) is 4.12. The summed E-state index contributed by atoms with van der Waals surface area (Å²) in [4.78, 5) is 6.88. The Morgan fingerprint density at radius 3 is 2.93 bits per heavy atom. The molecule has 0 bridgehead atoms. The van der Waals surface area contributed by atoms with Gasteiger partial charge in [-0.05, 0) is 31.4 Å². The van der Waals surface area contributed by atoms with Gasteiger partial charge in [-0.2, -0.15) is 5.10 Å². The van der Waals surface area contributed by atoms with Gasteiger partial charge in [0.25, 0.3) is 0 Å². The number of ether oxygens (including phenoxy) is 1. The summed E-state index contributed by atoms with van der Waals surface area (Å²) in [5.74, 6) is 2.16. The molecule has 1 N–H and O–H groups in total. The summed E-state index contributed by atoms with van der Waals surface area (Å²) in [5.41, 5.74) is 2.38. The molecular weight excluding hydrogens is 342 g/mol. The lowest BCUT2D eigenvalue weighted by Crippen LogP contribution is -2.38. The number of nitrogens with zero attached hydrogens (tertiary/aromatic N) is 4. The summed E-state index contributed by atoms with van der Waals surface area (Å²) in [6.45, 7) is 9.93. The Morgan fingerprint density at radius 1 is 1.44 bits per heavy atom. The highest BCUT2D eigenvalue weighted by atomic mass is 16.5. The SMILES string of the molecule is CCNC(=NCCCOCc1ccco1)N(C)Cc1cn(C)nc1C(C)C. The number of aromatic nitrogens is 2. The fourth-order valence-corrected chi connectivity index (χ4v) is 2.88. The highest BCUT2D eigenvalue weighted by Crippen LogP contribution is 2.18. The molecule has 0 atom stereocenters. The minimum Gasteiger partial charge on any atom is -0.467 e. The molecule has 0 radical (unpaired) electrons. The van der Waals surface area contributed by atoms with E-state index in [9.17, 15) is 0 Å². The number of rotatable bonds is 10. The van der Waals surface area contributed by atoms with Crippen LogP contribution in [-0.4, -0.2) is 47.4 Å². The predicted octanol–water partition coefficient (Wildman–Crippen LogP) is 3.14. The van der Waals surface area contributed by atoms with Crippen LogP contribution < -0.4 is 5.32 Å². The minimum absolute atomic E-state index is 0.403. The second-order valence-corrected chi connectivity index (χ2v) is 6.95. The molecule has 0 saturated carbocycles. The summed E-state index contributed by atoms with van der Waals surface area (Å²) in [6, 6.07) is 3.79. The molecule has 7 heteroatoms. The van der Waals surface area contributed by atoms with E-state index >= 15 is 0 Å². The average Bonchev–Trinajstić information content (AvgIpc) is 3.26. The maximum absolute atomic E-state index is 5.61. The van der Waals surface area contributed by atoms with Crippen LogP contribution in [-0.2, 0) is 24.9 Å². The first-order chi connectivity index (χ1) is 13.0. The maximum atomic E-state index is 5.61. The summed E-state index contributed by atoms with van der Waals surface area (Å²) in [6.07, 6.45) is 4.62. The van der Waals surface area contributed by atoms with Gasteiger partial charge in [0.05, 0.1) is 12.0 Å². The van der Waals surface area contributed by atoms with Gasteiger partial charge in [-0.3, -0.25) is 9.67 Å². The van der Waals surface area contributed by atoms with Gasteiger partial charge in [-0.1, -0.05) is 13.8 Å². The number of aliphatic imine (C=N–C) groups is 1. The summed E-state index contributed by atoms with van der Waals surface area (Å²) < 4.78 is 12.8. The van der Waals surface area contributed by atoms with Crippen LogP contribution in [0.2, 0.25) is 0 Å². The predicted molar refractivity (Wildman–Crippen MR) is 108 cm³/mol. The molecule has 2 rings (SSSR count). The van der Waals surface area contributed by atoms with Crippen molar-refractivity contribution in [3.8, 4) is 0 Å². The summed E-state index contributed by atoms with van der Waals surface area (Å²) >= 11 is 0. The van der Waals surface area contributed by atoms with Crippen LogP contribution in [0.1, 0.15) is 50.1 Å². The molecular formula is C20H33N5O2. The molecule has 0 aliphatic heterocycles. The van der Waals surface area contributed by atoms with E-state index in [-0.39, 0.29) is 0 Å². The molecule has 0 spiro atoms. The van der Waals surface area contributed by atoms with Crippen LogP contribution in [0.3, 0.4) is 0 Å². The first-order valence-electron chi connectivity index (χ1n) is 9.63. The molecule has 2 aromatic heterocycles. The lowest BCUT2D eigenvalue weighted by atomic mass is 10.1. The molecule has 2 heterocycles. The molecule has 2 aromatic rings. The number of furan rings is 1. The smallest absolute Gasteiger partial charge is 0.193 e. The number of hydrogen-bond acceptors (Lipinski definition) is 4. The largest absolute Gasteiger partial charge is 0.467 e. The number of aryl methyl sites for hydroxylation is 1. The maximum Gasteiger partial charge on any atom is 0.193 e. The molecule has 0 aliphatic rings. The average molecular weight is 376 g/mol. The molecule has 0 saturated heterocycles. The van der Waals surface area contributed by atoms with Crippen LogP contribution in [0.25, 0.3) is 0 Å². The number of guanidine groups is 1. The number of nitrogens with one attached hydrogen (secondary N) is 1. The molecule has 150 valence electrons. The van der Waals surface area contributed by atoms with Crippen molar-refractivity contribution in [2.75, 3.05) is 26.7 Å². The molecule has 0 aliphatic carbocycles. The molecule has 27 heavy (non-hydrogen) atoms. The van der Waals surface area contributed by atoms with Crippen molar-refractivity contribution >= 4 is 5.96 Å². The van der Waals surface area contributed by atoms with Crippen LogP contribution in [0.15, 0.2) is 34.0 Å². The first kappa shape index (κ1) is 21.0. The van der Waals surface area contributed by atoms with Gasteiger partial charge < -0.3 is 19.4 Å². The van der Waals surface area contributed by atoms with Crippen LogP contribution >= 0.6 is 0 Å². The van der Waals surface area contributed by atoms with E-state index in [2.05, 4.69) is 49.3 Å². The normalized spacial score (nSPS) is 12.0. The monoisotopic (exact) mass is 375 g/mol. The van der Waals surface area contributed by atoms with Crippen molar-refractivity contribution in [3.05, 3.63) is 41.6 Å². The summed E-state index contributed by atoms with van der Waals surface area (Å²) in [5, 5.41) is 7.96. The van der Waals surface area contributed by atoms with Crippen molar-refractivity contribution < 1.29 is 9.15 Å². The van der Waals surface area contributed by atoms with E-state index < -0.39 is 0 Å². The van der Waals surface area contributed by atoms with Crippen LogP contribution in [0, 0.1) is 0 Å². The van der Waals surface area contributed by atoms with E-state index in [0.29, 0.717) is 19.1 Å². The Balaban J connectivity index is 1.84. The van der Waals surface area contributed by atoms with E-state index in [1.807, 2.05) is 23.9 Å². The summed E-state index contributed by atoms with van der Waals surface area (Å²) in [7, 11) is 4.03. The van der Waals surface area contributed by atoms with Gasteiger partial charge in [0, 0.05) is 52.1 Å². The topological polar surface area (TPSA) is 67.8 Å². The van der Waals surface area contributed by atoms with Crippen LogP contribution in [0.5, 0.6) is 0 Å². The molecule has 7 nitrogen and oxygen atoms in total. The van der Waals surface area contributed by atoms with Crippen molar-refractivity contribution in [1.29, 1.82) is 0 Å². The quantitative estimate of drug-likeness (QED) is 0.392.